The van der Waals surface area contributed by atoms with E-state index in [1.54, 1.807) is 0 Å². The Balaban J connectivity index is 2.76. The molecule has 0 saturated heterocycles. The summed E-state index contributed by atoms with van der Waals surface area (Å²) in [6, 6.07) is 2.18. The zero-order valence-electron chi connectivity index (χ0n) is 10.4. The highest BCUT2D eigenvalue weighted by atomic mass is 32.1. The van der Waals surface area contributed by atoms with Crippen LogP contribution >= 0.6 is 11.3 Å². The Morgan fingerprint density at radius 1 is 1.40 bits per heavy atom. The second-order valence-corrected chi connectivity index (χ2v) is 5.65. The first-order valence-electron chi connectivity index (χ1n) is 5.74. The molecule has 0 radical (unpaired) electrons. The van der Waals surface area contributed by atoms with Crippen LogP contribution in [0.15, 0.2) is 18.0 Å². The molecule has 1 rings (SSSR count). The van der Waals surface area contributed by atoms with Crippen molar-refractivity contribution in [3.8, 4) is 0 Å². The third-order valence-electron chi connectivity index (χ3n) is 3.53. The molecule has 1 heterocycles. The molecule has 1 aromatic rings. The van der Waals surface area contributed by atoms with Crippen molar-refractivity contribution in [2.24, 2.45) is 5.41 Å². The monoisotopic (exact) mass is 222 g/mol. The molecule has 0 aliphatic rings. The molecule has 0 nitrogen and oxygen atoms in total. The van der Waals surface area contributed by atoms with Gasteiger partial charge in [-0.2, -0.15) is 0 Å². The average molecular weight is 222 g/mol. The van der Waals surface area contributed by atoms with Crippen LogP contribution in [0.25, 0.3) is 5.57 Å². The lowest BCUT2D eigenvalue weighted by atomic mass is 9.78. The molecule has 0 spiro atoms. The van der Waals surface area contributed by atoms with Crippen LogP contribution in [0, 0.1) is 12.3 Å². The summed E-state index contributed by atoms with van der Waals surface area (Å²) in [6.07, 6.45) is 3.58. The van der Waals surface area contributed by atoms with Gasteiger partial charge in [-0.1, -0.05) is 40.2 Å². The van der Waals surface area contributed by atoms with E-state index in [0.29, 0.717) is 5.41 Å². The van der Waals surface area contributed by atoms with Gasteiger partial charge in [0.15, 0.2) is 0 Å². The summed E-state index contributed by atoms with van der Waals surface area (Å²) in [5.74, 6) is 0. The van der Waals surface area contributed by atoms with Gasteiger partial charge in [0.25, 0.3) is 0 Å². The number of thiophene rings is 1. The SMILES string of the molecule is C=C(CC(C)(CC)CC)c1sccc1C. The van der Waals surface area contributed by atoms with Gasteiger partial charge in [-0.3, -0.25) is 0 Å². The minimum atomic E-state index is 0.424. The predicted octanol–water partition coefficient (Wildman–Crippen LogP) is 5.29. The van der Waals surface area contributed by atoms with Crippen molar-refractivity contribution in [3.05, 3.63) is 28.5 Å². The van der Waals surface area contributed by atoms with Crippen molar-refractivity contribution >= 4 is 16.9 Å². The zero-order valence-corrected chi connectivity index (χ0v) is 11.2. The van der Waals surface area contributed by atoms with E-state index in [-0.39, 0.29) is 0 Å². The number of allylic oxidation sites excluding steroid dienone is 1. The van der Waals surface area contributed by atoms with Crippen LogP contribution in [0.2, 0.25) is 0 Å². The summed E-state index contributed by atoms with van der Waals surface area (Å²) in [5.41, 5.74) is 3.11. The number of aryl methyl sites for hydroxylation is 1. The minimum absolute atomic E-state index is 0.424. The maximum Gasteiger partial charge on any atom is 0.0325 e. The van der Waals surface area contributed by atoms with E-state index in [1.165, 1.54) is 28.9 Å². The second-order valence-electron chi connectivity index (χ2n) is 4.73. The molecule has 0 saturated carbocycles. The van der Waals surface area contributed by atoms with E-state index in [9.17, 15) is 0 Å². The summed E-state index contributed by atoms with van der Waals surface area (Å²) < 4.78 is 0. The molecular weight excluding hydrogens is 200 g/mol. The third kappa shape index (κ3) is 2.94. The average Bonchev–Trinajstić information content (AvgIpc) is 2.64. The molecule has 0 unspecified atom stereocenters. The van der Waals surface area contributed by atoms with Crippen LogP contribution in [-0.2, 0) is 0 Å². The van der Waals surface area contributed by atoms with Crippen molar-refractivity contribution < 1.29 is 0 Å². The summed E-state index contributed by atoms with van der Waals surface area (Å²) in [5, 5.41) is 2.16. The molecule has 0 N–H and O–H groups in total. The molecule has 15 heavy (non-hydrogen) atoms. The fourth-order valence-corrected chi connectivity index (χ4v) is 2.73. The van der Waals surface area contributed by atoms with Crippen LogP contribution in [0.4, 0.5) is 0 Å². The van der Waals surface area contributed by atoms with Crippen molar-refractivity contribution in [3.63, 3.8) is 0 Å². The van der Waals surface area contributed by atoms with E-state index in [1.807, 2.05) is 11.3 Å². The predicted molar refractivity (Wildman–Crippen MR) is 71.4 cm³/mol. The van der Waals surface area contributed by atoms with Crippen molar-refractivity contribution in [1.29, 1.82) is 0 Å². The van der Waals surface area contributed by atoms with Gasteiger partial charge in [-0.25, -0.2) is 0 Å². The first-order chi connectivity index (χ1) is 7.02. The van der Waals surface area contributed by atoms with Gasteiger partial charge < -0.3 is 0 Å². The Hall–Kier alpha value is -0.560. The molecule has 0 aliphatic heterocycles. The van der Waals surface area contributed by atoms with Crippen LogP contribution < -0.4 is 0 Å². The Morgan fingerprint density at radius 2 is 2.00 bits per heavy atom. The Labute approximate surface area is 98.0 Å². The molecule has 0 bridgehead atoms. The molecule has 84 valence electrons. The van der Waals surface area contributed by atoms with Crippen LogP contribution in [-0.4, -0.2) is 0 Å². The van der Waals surface area contributed by atoms with E-state index in [0.717, 1.165) is 6.42 Å². The first kappa shape index (κ1) is 12.5. The van der Waals surface area contributed by atoms with Gasteiger partial charge in [0, 0.05) is 4.88 Å². The van der Waals surface area contributed by atoms with E-state index in [2.05, 4.69) is 45.7 Å². The smallest absolute Gasteiger partial charge is 0.0325 e. The lowest BCUT2D eigenvalue weighted by molar-refractivity contribution is 0.307. The Bertz CT molecular complexity index is 329. The lowest BCUT2D eigenvalue weighted by Gasteiger charge is -2.27. The van der Waals surface area contributed by atoms with Crippen LogP contribution in [0.5, 0.6) is 0 Å². The molecule has 0 aliphatic carbocycles. The molecule has 0 aromatic carbocycles. The Morgan fingerprint density at radius 3 is 2.40 bits per heavy atom. The number of hydrogen-bond acceptors (Lipinski definition) is 1. The summed E-state index contributed by atoms with van der Waals surface area (Å²) in [4.78, 5) is 1.39. The van der Waals surface area contributed by atoms with Crippen molar-refractivity contribution in [2.45, 2.75) is 47.0 Å². The van der Waals surface area contributed by atoms with Crippen molar-refractivity contribution in [1.82, 2.24) is 0 Å². The fraction of sp³-hybridized carbons (Fsp3) is 0.571. The fourth-order valence-electron chi connectivity index (χ4n) is 1.83. The normalized spacial score (nSPS) is 11.7. The topological polar surface area (TPSA) is 0 Å². The molecule has 0 amide bonds. The first-order valence-corrected chi connectivity index (χ1v) is 6.62. The maximum atomic E-state index is 4.25. The van der Waals surface area contributed by atoms with Crippen molar-refractivity contribution in [2.75, 3.05) is 0 Å². The highest BCUT2D eigenvalue weighted by molar-refractivity contribution is 7.11. The van der Waals surface area contributed by atoms with E-state index < -0.39 is 0 Å². The summed E-state index contributed by atoms with van der Waals surface area (Å²) >= 11 is 1.82. The quantitative estimate of drug-likeness (QED) is 0.635. The number of hydrogen-bond donors (Lipinski definition) is 0. The Kier molecular flexibility index (Phi) is 4.15. The van der Waals surface area contributed by atoms with Gasteiger partial charge in [0.2, 0.25) is 0 Å². The standard InChI is InChI=1S/C14H22S/c1-6-14(5,7-2)10-12(4)13-11(3)8-9-15-13/h8-9H,4,6-7,10H2,1-3,5H3. The van der Waals surface area contributed by atoms with Gasteiger partial charge in [-0.15, -0.1) is 11.3 Å². The molecular formula is C14H22S. The lowest BCUT2D eigenvalue weighted by Crippen LogP contribution is -2.13. The van der Waals surface area contributed by atoms with Gasteiger partial charge in [0.05, 0.1) is 0 Å². The molecule has 1 heteroatoms. The van der Waals surface area contributed by atoms with Gasteiger partial charge in [0.1, 0.15) is 0 Å². The second kappa shape index (κ2) is 4.98. The van der Waals surface area contributed by atoms with Gasteiger partial charge >= 0.3 is 0 Å². The molecule has 1 aromatic heterocycles. The zero-order chi connectivity index (χ0) is 11.5. The number of rotatable bonds is 5. The summed E-state index contributed by atoms with van der Waals surface area (Å²) in [6.45, 7) is 13.3. The molecule has 0 atom stereocenters. The highest BCUT2D eigenvalue weighted by Crippen LogP contribution is 2.38. The summed E-state index contributed by atoms with van der Waals surface area (Å²) in [7, 11) is 0. The van der Waals surface area contributed by atoms with Crippen LogP contribution in [0.1, 0.15) is 50.5 Å². The van der Waals surface area contributed by atoms with Crippen LogP contribution in [0.3, 0.4) is 0 Å². The van der Waals surface area contributed by atoms with E-state index in [4.69, 9.17) is 0 Å². The largest absolute Gasteiger partial charge is 0.144 e. The third-order valence-corrected chi connectivity index (χ3v) is 4.65. The highest BCUT2D eigenvalue weighted by Gasteiger charge is 2.21. The minimum Gasteiger partial charge on any atom is -0.144 e. The molecule has 0 fully saturated rings. The maximum absolute atomic E-state index is 4.25. The van der Waals surface area contributed by atoms with Gasteiger partial charge in [-0.05, 0) is 41.3 Å². The van der Waals surface area contributed by atoms with E-state index >= 15 is 0 Å².